The lowest BCUT2D eigenvalue weighted by Crippen LogP contribution is -1.77. The summed E-state index contributed by atoms with van der Waals surface area (Å²) in [6.07, 6.45) is 1.88. The molecule has 0 saturated carbocycles. The SMILES string of the molecule is Cc1ccc2c(c1)oc1cc(C)ncc12. The number of furan rings is 1. The summed E-state index contributed by atoms with van der Waals surface area (Å²) >= 11 is 0. The Morgan fingerprint density at radius 3 is 2.67 bits per heavy atom. The van der Waals surface area contributed by atoms with Gasteiger partial charge in [-0.1, -0.05) is 12.1 Å². The van der Waals surface area contributed by atoms with E-state index in [1.165, 1.54) is 5.56 Å². The smallest absolute Gasteiger partial charge is 0.138 e. The first kappa shape index (κ1) is 8.48. The van der Waals surface area contributed by atoms with Crippen LogP contribution >= 0.6 is 0 Å². The fourth-order valence-corrected chi connectivity index (χ4v) is 1.88. The minimum absolute atomic E-state index is 0.920. The van der Waals surface area contributed by atoms with E-state index in [9.17, 15) is 0 Å². The van der Waals surface area contributed by atoms with Crippen LogP contribution in [0.5, 0.6) is 0 Å². The summed E-state index contributed by atoms with van der Waals surface area (Å²) in [6.45, 7) is 4.04. The zero-order valence-electron chi connectivity index (χ0n) is 8.74. The van der Waals surface area contributed by atoms with E-state index in [1.54, 1.807) is 0 Å². The first-order valence-electron chi connectivity index (χ1n) is 4.99. The molecule has 0 aliphatic rings. The van der Waals surface area contributed by atoms with Gasteiger partial charge in [-0.05, 0) is 25.5 Å². The maximum Gasteiger partial charge on any atom is 0.138 e. The summed E-state index contributed by atoms with van der Waals surface area (Å²) in [5, 5.41) is 2.23. The van der Waals surface area contributed by atoms with Gasteiger partial charge in [0, 0.05) is 28.7 Å². The molecule has 3 aromatic rings. The molecule has 2 heteroatoms. The predicted octanol–water partition coefficient (Wildman–Crippen LogP) is 3.60. The maximum atomic E-state index is 5.77. The van der Waals surface area contributed by atoms with Crippen molar-refractivity contribution in [1.29, 1.82) is 0 Å². The highest BCUT2D eigenvalue weighted by molar-refractivity contribution is 6.04. The summed E-state index contributed by atoms with van der Waals surface area (Å²) in [4.78, 5) is 4.29. The Labute approximate surface area is 87.5 Å². The Morgan fingerprint density at radius 2 is 1.80 bits per heavy atom. The van der Waals surface area contributed by atoms with E-state index < -0.39 is 0 Å². The summed E-state index contributed by atoms with van der Waals surface area (Å²) in [7, 11) is 0. The van der Waals surface area contributed by atoms with Gasteiger partial charge in [0.05, 0.1) is 0 Å². The van der Waals surface area contributed by atoms with Crippen LogP contribution in [-0.4, -0.2) is 4.98 Å². The number of aryl methyl sites for hydroxylation is 2. The molecule has 0 aliphatic heterocycles. The van der Waals surface area contributed by atoms with Crippen molar-refractivity contribution in [3.63, 3.8) is 0 Å². The van der Waals surface area contributed by atoms with Gasteiger partial charge in [0.25, 0.3) is 0 Å². The molecule has 74 valence electrons. The van der Waals surface area contributed by atoms with Gasteiger partial charge in [-0.15, -0.1) is 0 Å². The Balaban J connectivity index is 2.51. The highest BCUT2D eigenvalue weighted by Crippen LogP contribution is 2.28. The molecule has 0 unspecified atom stereocenters. The van der Waals surface area contributed by atoms with Crippen molar-refractivity contribution < 1.29 is 4.42 Å². The molecule has 2 heterocycles. The quantitative estimate of drug-likeness (QED) is 0.550. The number of benzene rings is 1. The normalized spacial score (nSPS) is 11.3. The van der Waals surface area contributed by atoms with Crippen molar-refractivity contribution in [2.45, 2.75) is 13.8 Å². The summed E-state index contributed by atoms with van der Waals surface area (Å²) in [6, 6.07) is 8.22. The third-order valence-corrected chi connectivity index (χ3v) is 2.65. The zero-order valence-corrected chi connectivity index (χ0v) is 8.74. The van der Waals surface area contributed by atoms with Crippen LogP contribution in [-0.2, 0) is 0 Å². The monoisotopic (exact) mass is 197 g/mol. The molecule has 0 fully saturated rings. The van der Waals surface area contributed by atoms with Crippen LogP contribution < -0.4 is 0 Å². The first-order chi connectivity index (χ1) is 7.24. The second-order valence-corrected chi connectivity index (χ2v) is 3.92. The van der Waals surface area contributed by atoms with Crippen LogP contribution in [0.3, 0.4) is 0 Å². The molecule has 0 saturated heterocycles. The molecule has 0 aliphatic carbocycles. The molecule has 0 radical (unpaired) electrons. The number of aromatic nitrogens is 1. The molecule has 0 bridgehead atoms. The second kappa shape index (κ2) is 2.83. The third-order valence-electron chi connectivity index (χ3n) is 2.65. The zero-order chi connectivity index (χ0) is 10.4. The van der Waals surface area contributed by atoms with Crippen LogP contribution in [0.2, 0.25) is 0 Å². The van der Waals surface area contributed by atoms with Crippen molar-refractivity contribution in [2.75, 3.05) is 0 Å². The van der Waals surface area contributed by atoms with Crippen molar-refractivity contribution in [3.05, 3.63) is 41.7 Å². The highest BCUT2D eigenvalue weighted by Gasteiger charge is 2.06. The van der Waals surface area contributed by atoms with Crippen molar-refractivity contribution in [1.82, 2.24) is 4.98 Å². The van der Waals surface area contributed by atoms with E-state index in [2.05, 4.69) is 30.1 Å². The Bertz CT molecular complexity index is 596. The van der Waals surface area contributed by atoms with E-state index in [-0.39, 0.29) is 0 Å². The molecule has 15 heavy (non-hydrogen) atoms. The summed E-state index contributed by atoms with van der Waals surface area (Å²) in [5.41, 5.74) is 4.06. The predicted molar refractivity (Wildman–Crippen MR) is 61.0 cm³/mol. The van der Waals surface area contributed by atoms with Crippen LogP contribution in [0, 0.1) is 13.8 Å². The Morgan fingerprint density at radius 1 is 1.00 bits per heavy atom. The highest BCUT2D eigenvalue weighted by atomic mass is 16.3. The molecular formula is C13H11NO. The average Bonchev–Trinajstić information content (AvgIpc) is 2.53. The number of pyridine rings is 1. The molecule has 0 spiro atoms. The van der Waals surface area contributed by atoms with Crippen molar-refractivity contribution >= 4 is 21.9 Å². The van der Waals surface area contributed by atoms with Crippen molar-refractivity contribution in [3.8, 4) is 0 Å². The molecule has 2 nitrogen and oxygen atoms in total. The van der Waals surface area contributed by atoms with Crippen LogP contribution in [0.15, 0.2) is 34.9 Å². The third kappa shape index (κ3) is 1.22. The number of nitrogens with zero attached hydrogens (tertiary/aromatic N) is 1. The average molecular weight is 197 g/mol. The molecule has 1 aromatic carbocycles. The van der Waals surface area contributed by atoms with E-state index in [0.29, 0.717) is 0 Å². The minimum atomic E-state index is 0.920. The molecule has 3 rings (SSSR count). The van der Waals surface area contributed by atoms with E-state index in [0.717, 1.165) is 27.6 Å². The topological polar surface area (TPSA) is 26.0 Å². The molecule has 0 atom stereocenters. The molecule has 0 amide bonds. The van der Waals surface area contributed by atoms with Crippen LogP contribution in [0.4, 0.5) is 0 Å². The van der Waals surface area contributed by atoms with Gasteiger partial charge >= 0.3 is 0 Å². The van der Waals surface area contributed by atoms with Gasteiger partial charge < -0.3 is 4.42 Å². The van der Waals surface area contributed by atoms with Gasteiger partial charge in [-0.3, -0.25) is 4.98 Å². The van der Waals surface area contributed by atoms with Gasteiger partial charge in [-0.25, -0.2) is 0 Å². The van der Waals surface area contributed by atoms with Gasteiger partial charge in [0.15, 0.2) is 0 Å². The first-order valence-corrected chi connectivity index (χ1v) is 4.99. The Hall–Kier alpha value is -1.83. The van der Waals surface area contributed by atoms with Gasteiger partial charge in [0.1, 0.15) is 11.2 Å². The largest absolute Gasteiger partial charge is 0.456 e. The van der Waals surface area contributed by atoms with Crippen molar-refractivity contribution in [2.24, 2.45) is 0 Å². The maximum absolute atomic E-state index is 5.77. The van der Waals surface area contributed by atoms with Crippen LogP contribution in [0.25, 0.3) is 21.9 Å². The molecule has 2 aromatic heterocycles. The number of hydrogen-bond donors (Lipinski definition) is 0. The number of hydrogen-bond acceptors (Lipinski definition) is 2. The minimum Gasteiger partial charge on any atom is -0.456 e. The molecule has 0 N–H and O–H groups in total. The second-order valence-electron chi connectivity index (χ2n) is 3.92. The van der Waals surface area contributed by atoms with Crippen LogP contribution in [0.1, 0.15) is 11.3 Å². The standard InChI is InChI=1S/C13H11NO/c1-8-3-4-10-11-7-14-9(2)6-13(11)15-12(10)5-8/h3-7H,1-2H3. The fourth-order valence-electron chi connectivity index (χ4n) is 1.88. The molecular weight excluding hydrogens is 186 g/mol. The number of rotatable bonds is 0. The summed E-state index contributed by atoms with van der Waals surface area (Å²) < 4.78 is 5.77. The van der Waals surface area contributed by atoms with Gasteiger partial charge in [0.2, 0.25) is 0 Å². The van der Waals surface area contributed by atoms with E-state index in [1.807, 2.05) is 19.2 Å². The Kier molecular flexibility index (Phi) is 1.60. The lowest BCUT2D eigenvalue weighted by molar-refractivity contribution is 0.667. The van der Waals surface area contributed by atoms with E-state index >= 15 is 0 Å². The van der Waals surface area contributed by atoms with Gasteiger partial charge in [-0.2, -0.15) is 0 Å². The fraction of sp³-hybridized carbons (Fsp3) is 0.154. The lowest BCUT2D eigenvalue weighted by Gasteiger charge is -1.91. The summed E-state index contributed by atoms with van der Waals surface area (Å²) in [5.74, 6) is 0. The number of fused-ring (bicyclic) bond motifs is 3. The van der Waals surface area contributed by atoms with E-state index in [4.69, 9.17) is 4.42 Å². The lowest BCUT2D eigenvalue weighted by atomic mass is 10.1.